The molecule has 33 heavy (non-hydrogen) atoms. The molecule has 4 rings (SSSR count). The number of thiophene rings is 1. The molecule has 6 nitrogen and oxygen atoms in total. The van der Waals surface area contributed by atoms with Crippen LogP contribution in [-0.4, -0.2) is 27.0 Å². The van der Waals surface area contributed by atoms with Crippen LogP contribution in [0.3, 0.4) is 0 Å². The Morgan fingerprint density at radius 1 is 1.15 bits per heavy atom. The summed E-state index contributed by atoms with van der Waals surface area (Å²) < 4.78 is 2.22. The first-order valence-electron chi connectivity index (χ1n) is 10.5. The summed E-state index contributed by atoms with van der Waals surface area (Å²) in [6.45, 7) is 5.87. The summed E-state index contributed by atoms with van der Waals surface area (Å²) in [5.41, 5.74) is 4.75. The van der Waals surface area contributed by atoms with Crippen LogP contribution < -0.4 is 10.9 Å². The average molecular weight is 478 g/mol. The van der Waals surface area contributed by atoms with Crippen molar-refractivity contribution in [3.63, 3.8) is 0 Å². The first-order chi connectivity index (χ1) is 15.9. The molecule has 0 unspecified atom stereocenters. The molecular weight excluding hydrogens is 454 g/mol. The SMILES string of the molecule is CCn1c(SCC(=O)Nc2cccc(C(C)=O)c2)nc2c(-c3ccc(C)cc3)csc2c1=O. The third-order valence-electron chi connectivity index (χ3n) is 5.21. The second-order valence-electron chi connectivity index (χ2n) is 7.61. The summed E-state index contributed by atoms with van der Waals surface area (Å²) >= 11 is 2.62. The minimum Gasteiger partial charge on any atom is -0.325 e. The van der Waals surface area contributed by atoms with E-state index in [9.17, 15) is 14.4 Å². The summed E-state index contributed by atoms with van der Waals surface area (Å²) in [7, 11) is 0. The zero-order valence-electron chi connectivity index (χ0n) is 18.5. The summed E-state index contributed by atoms with van der Waals surface area (Å²) in [5, 5.41) is 5.28. The van der Waals surface area contributed by atoms with Gasteiger partial charge < -0.3 is 5.32 Å². The molecule has 0 spiro atoms. The molecule has 0 fully saturated rings. The number of amides is 1. The number of Topliss-reactive ketones (excluding diaryl/α,β-unsaturated/α-hetero) is 1. The number of aryl methyl sites for hydroxylation is 1. The van der Waals surface area contributed by atoms with Crippen LogP contribution in [0.1, 0.15) is 29.8 Å². The van der Waals surface area contributed by atoms with Crippen LogP contribution in [0.15, 0.2) is 63.9 Å². The fourth-order valence-corrected chi connectivity index (χ4v) is 5.27. The molecule has 0 radical (unpaired) electrons. The average Bonchev–Trinajstić information content (AvgIpc) is 3.22. The molecule has 2 heterocycles. The van der Waals surface area contributed by atoms with Gasteiger partial charge in [-0.25, -0.2) is 4.98 Å². The van der Waals surface area contributed by atoms with Gasteiger partial charge in [0.2, 0.25) is 5.91 Å². The third-order valence-corrected chi connectivity index (χ3v) is 7.14. The van der Waals surface area contributed by atoms with Crippen LogP contribution in [0.5, 0.6) is 0 Å². The zero-order valence-corrected chi connectivity index (χ0v) is 20.2. The summed E-state index contributed by atoms with van der Waals surface area (Å²) in [4.78, 5) is 42.0. The van der Waals surface area contributed by atoms with Crippen molar-refractivity contribution < 1.29 is 9.59 Å². The van der Waals surface area contributed by atoms with E-state index < -0.39 is 0 Å². The lowest BCUT2D eigenvalue weighted by Gasteiger charge is -2.11. The van der Waals surface area contributed by atoms with Crippen LogP contribution in [0, 0.1) is 6.92 Å². The third kappa shape index (κ3) is 4.91. The van der Waals surface area contributed by atoms with Gasteiger partial charge in [-0.1, -0.05) is 53.7 Å². The van der Waals surface area contributed by atoms with E-state index in [-0.39, 0.29) is 23.0 Å². The van der Waals surface area contributed by atoms with E-state index in [4.69, 9.17) is 4.98 Å². The molecule has 0 saturated heterocycles. The second-order valence-corrected chi connectivity index (χ2v) is 9.43. The summed E-state index contributed by atoms with van der Waals surface area (Å²) in [6.07, 6.45) is 0. The number of benzene rings is 2. The second kappa shape index (κ2) is 9.72. The number of fused-ring (bicyclic) bond motifs is 1. The Kier molecular flexibility index (Phi) is 6.76. The molecule has 0 aliphatic heterocycles. The van der Waals surface area contributed by atoms with Crippen LogP contribution in [-0.2, 0) is 11.3 Å². The van der Waals surface area contributed by atoms with Crippen molar-refractivity contribution in [1.29, 1.82) is 0 Å². The number of hydrogen-bond acceptors (Lipinski definition) is 6. The minimum absolute atomic E-state index is 0.0647. The Labute approximate surface area is 199 Å². The first-order valence-corrected chi connectivity index (χ1v) is 12.4. The monoisotopic (exact) mass is 477 g/mol. The van der Waals surface area contributed by atoms with Crippen molar-refractivity contribution in [1.82, 2.24) is 9.55 Å². The van der Waals surface area contributed by atoms with E-state index in [0.29, 0.717) is 33.2 Å². The van der Waals surface area contributed by atoms with Crippen LogP contribution in [0.4, 0.5) is 5.69 Å². The maximum Gasteiger partial charge on any atom is 0.272 e. The fourth-order valence-electron chi connectivity index (χ4n) is 3.45. The van der Waals surface area contributed by atoms with Gasteiger partial charge in [-0.2, -0.15) is 0 Å². The van der Waals surface area contributed by atoms with Crippen LogP contribution >= 0.6 is 23.1 Å². The molecule has 0 atom stereocenters. The van der Waals surface area contributed by atoms with E-state index in [1.807, 2.05) is 43.5 Å². The molecule has 2 aromatic carbocycles. The smallest absolute Gasteiger partial charge is 0.272 e. The zero-order chi connectivity index (χ0) is 23.5. The van der Waals surface area contributed by atoms with Gasteiger partial charge in [-0.05, 0) is 38.5 Å². The van der Waals surface area contributed by atoms with E-state index >= 15 is 0 Å². The van der Waals surface area contributed by atoms with Gasteiger partial charge in [0, 0.05) is 28.7 Å². The predicted octanol–water partition coefficient (Wildman–Crippen LogP) is 5.39. The Bertz CT molecular complexity index is 1400. The van der Waals surface area contributed by atoms with Crippen molar-refractivity contribution in [2.75, 3.05) is 11.1 Å². The minimum atomic E-state index is -0.234. The highest BCUT2D eigenvalue weighted by Crippen LogP contribution is 2.32. The molecule has 1 N–H and O–H groups in total. The highest BCUT2D eigenvalue weighted by molar-refractivity contribution is 7.99. The number of thioether (sulfide) groups is 1. The Morgan fingerprint density at radius 3 is 2.61 bits per heavy atom. The number of carbonyl (C=O) groups is 2. The number of carbonyl (C=O) groups excluding carboxylic acids is 2. The van der Waals surface area contributed by atoms with Gasteiger partial charge in [0.1, 0.15) is 4.70 Å². The maximum absolute atomic E-state index is 13.1. The quantitative estimate of drug-likeness (QED) is 0.219. The topological polar surface area (TPSA) is 81.1 Å². The van der Waals surface area contributed by atoms with Crippen molar-refractivity contribution in [3.8, 4) is 11.1 Å². The number of hydrogen-bond donors (Lipinski definition) is 1. The first kappa shape index (κ1) is 22.9. The molecule has 4 aromatic rings. The van der Waals surface area contributed by atoms with Gasteiger partial charge >= 0.3 is 0 Å². The van der Waals surface area contributed by atoms with Crippen molar-refractivity contribution in [2.24, 2.45) is 0 Å². The Balaban J connectivity index is 1.60. The number of rotatable bonds is 7. The largest absolute Gasteiger partial charge is 0.325 e. The number of ketones is 1. The van der Waals surface area contributed by atoms with E-state index in [1.165, 1.54) is 30.0 Å². The van der Waals surface area contributed by atoms with E-state index in [2.05, 4.69) is 5.32 Å². The summed E-state index contributed by atoms with van der Waals surface area (Å²) in [5.74, 6) is -0.210. The number of nitrogens with zero attached hydrogens (tertiary/aromatic N) is 2. The molecule has 168 valence electrons. The van der Waals surface area contributed by atoms with Crippen molar-refractivity contribution in [2.45, 2.75) is 32.5 Å². The van der Waals surface area contributed by atoms with Crippen LogP contribution in [0.2, 0.25) is 0 Å². The maximum atomic E-state index is 13.1. The molecule has 1 amide bonds. The van der Waals surface area contributed by atoms with Gasteiger partial charge in [0.15, 0.2) is 10.9 Å². The summed E-state index contributed by atoms with van der Waals surface area (Å²) in [6, 6.07) is 14.9. The van der Waals surface area contributed by atoms with Crippen LogP contribution in [0.25, 0.3) is 21.3 Å². The molecule has 0 bridgehead atoms. The molecule has 8 heteroatoms. The lowest BCUT2D eigenvalue weighted by Crippen LogP contribution is -2.23. The lowest BCUT2D eigenvalue weighted by atomic mass is 10.1. The highest BCUT2D eigenvalue weighted by atomic mass is 32.2. The van der Waals surface area contributed by atoms with E-state index in [0.717, 1.165) is 16.7 Å². The van der Waals surface area contributed by atoms with Gasteiger partial charge in [-0.15, -0.1) is 11.3 Å². The Hall–Kier alpha value is -3.23. The molecule has 0 aliphatic rings. The standard InChI is InChI=1S/C25H23N3O3S2/c1-4-28-24(31)23-22(20(13-32-23)17-10-8-15(2)9-11-17)27-25(28)33-14-21(30)26-19-7-5-6-18(12-19)16(3)29/h5-13H,4,14H2,1-3H3,(H,26,30). The molecule has 2 aromatic heterocycles. The van der Waals surface area contributed by atoms with Gasteiger partial charge in [-0.3, -0.25) is 19.0 Å². The van der Waals surface area contributed by atoms with Crippen molar-refractivity contribution in [3.05, 3.63) is 75.4 Å². The molecule has 0 aliphatic carbocycles. The van der Waals surface area contributed by atoms with Gasteiger partial charge in [0.25, 0.3) is 5.56 Å². The predicted molar refractivity (Wildman–Crippen MR) is 136 cm³/mol. The normalized spacial score (nSPS) is 11.0. The number of nitrogens with one attached hydrogen (secondary N) is 1. The number of anilines is 1. The fraction of sp³-hybridized carbons (Fsp3) is 0.200. The van der Waals surface area contributed by atoms with E-state index in [1.54, 1.807) is 28.8 Å². The van der Waals surface area contributed by atoms with Crippen molar-refractivity contribution >= 4 is 50.7 Å². The highest BCUT2D eigenvalue weighted by Gasteiger charge is 2.17. The molecule has 0 saturated carbocycles. The molecular formula is C25H23N3O3S2. The number of aromatic nitrogens is 2. The lowest BCUT2D eigenvalue weighted by molar-refractivity contribution is -0.113. The van der Waals surface area contributed by atoms with Gasteiger partial charge in [0.05, 0.1) is 11.3 Å². The Morgan fingerprint density at radius 2 is 1.91 bits per heavy atom.